The lowest BCUT2D eigenvalue weighted by Crippen LogP contribution is -2.55. The molecular weight excluding hydrogens is 524 g/mol. The van der Waals surface area contributed by atoms with Gasteiger partial charge in [0.2, 0.25) is 0 Å². The molecule has 3 N–H and O–H groups in total. The summed E-state index contributed by atoms with van der Waals surface area (Å²) in [6.07, 6.45) is -4.23. The predicted octanol–water partition coefficient (Wildman–Crippen LogP) is 4.07. The minimum absolute atomic E-state index is 0.0279. The molecule has 200 valence electrons. The van der Waals surface area contributed by atoms with Crippen molar-refractivity contribution in [1.29, 1.82) is 0 Å². The average Bonchev–Trinajstić information content (AvgIpc) is 3.09. The molecule has 2 aromatic heterocycles. The number of alkyl halides is 3. The van der Waals surface area contributed by atoms with Gasteiger partial charge in [0, 0.05) is 53.1 Å². The lowest BCUT2D eigenvalue weighted by molar-refractivity contribution is -0.137. The standard InChI is InChI=1S/C25H24F4N6O2S/c1-11-9-34(10-12(2)30-11)22-14-8-15(25(27,28)29)17(13-4-5-16(26)19-18(13)31-23(36)32-19)21-20(14)35(24(37)33-22)6-3-7-38-21/h4-5,8,11-12,30H,3,6-7,9-10H2,1-2H3,(H2,31,32,36). The first-order chi connectivity index (χ1) is 18.0. The maximum atomic E-state index is 14.8. The van der Waals surface area contributed by atoms with Crippen LogP contribution in [-0.4, -0.2) is 50.4 Å². The van der Waals surface area contributed by atoms with Gasteiger partial charge in [0.15, 0.2) is 0 Å². The third kappa shape index (κ3) is 3.99. The number of thioether (sulfide) groups is 1. The Morgan fingerprint density at radius 2 is 1.79 bits per heavy atom. The summed E-state index contributed by atoms with van der Waals surface area (Å²) in [6.45, 7) is 5.20. The van der Waals surface area contributed by atoms with Crippen LogP contribution in [0.5, 0.6) is 0 Å². The van der Waals surface area contributed by atoms with Crippen molar-refractivity contribution in [3.8, 4) is 11.1 Å². The third-order valence-corrected chi connectivity index (χ3v) is 8.21. The number of nitrogens with one attached hydrogen (secondary N) is 3. The third-order valence-electron chi connectivity index (χ3n) is 7.03. The Kier molecular flexibility index (Phi) is 5.83. The second-order valence-electron chi connectivity index (χ2n) is 9.89. The second-order valence-corrected chi connectivity index (χ2v) is 11.0. The highest BCUT2D eigenvalue weighted by Gasteiger charge is 2.39. The number of rotatable bonds is 2. The van der Waals surface area contributed by atoms with E-state index in [1.807, 2.05) is 18.7 Å². The zero-order chi connectivity index (χ0) is 26.9. The first-order valence-electron chi connectivity index (χ1n) is 12.3. The quantitative estimate of drug-likeness (QED) is 0.327. The topological polar surface area (TPSA) is 98.8 Å². The Hall–Kier alpha value is -3.32. The highest BCUT2D eigenvalue weighted by atomic mass is 32.2. The molecule has 4 heterocycles. The number of piperazine rings is 1. The van der Waals surface area contributed by atoms with Crippen molar-refractivity contribution in [1.82, 2.24) is 24.8 Å². The van der Waals surface area contributed by atoms with Gasteiger partial charge < -0.3 is 20.2 Å². The van der Waals surface area contributed by atoms with Crippen LogP contribution in [0.4, 0.5) is 23.4 Å². The monoisotopic (exact) mass is 548 g/mol. The Morgan fingerprint density at radius 3 is 2.50 bits per heavy atom. The van der Waals surface area contributed by atoms with E-state index in [-0.39, 0.29) is 50.3 Å². The summed E-state index contributed by atoms with van der Waals surface area (Å²) in [7, 11) is 0. The zero-order valence-electron chi connectivity index (χ0n) is 20.5. The van der Waals surface area contributed by atoms with Gasteiger partial charge in [0.1, 0.15) is 17.2 Å². The van der Waals surface area contributed by atoms with Crippen molar-refractivity contribution in [2.45, 2.75) is 50.0 Å². The fourth-order valence-electron chi connectivity index (χ4n) is 5.67. The van der Waals surface area contributed by atoms with Crippen LogP contribution in [0.2, 0.25) is 0 Å². The lowest BCUT2D eigenvalue weighted by atomic mass is 9.95. The SMILES string of the molecule is CC1CN(c2nc(=O)n3c4c(c(-c5ccc(F)c6[nH]c(=O)[nH]c56)c(C(F)(F)F)cc24)SCCC3)CC(C)N1. The van der Waals surface area contributed by atoms with Crippen LogP contribution < -0.4 is 21.6 Å². The highest BCUT2D eigenvalue weighted by Crippen LogP contribution is 2.49. The van der Waals surface area contributed by atoms with Crippen LogP contribution in [-0.2, 0) is 12.7 Å². The minimum Gasteiger partial charge on any atom is -0.353 e. The number of fused-ring (bicyclic) bond motifs is 1. The molecule has 13 heteroatoms. The van der Waals surface area contributed by atoms with E-state index in [1.54, 1.807) is 0 Å². The maximum absolute atomic E-state index is 14.8. The van der Waals surface area contributed by atoms with E-state index in [1.165, 1.54) is 22.4 Å². The molecule has 2 aliphatic heterocycles. The normalized spacial score (nSPS) is 20.3. The summed E-state index contributed by atoms with van der Waals surface area (Å²) in [4.78, 5) is 36.5. The zero-order valence-corrected chi connectivity index (χ0v) is 21.3. The Balaban J connectivity index is 1.76. The number of anilines is 1. The Morgan fingerprint density at radius 1 is 1.08 bits per heavy atom. The lowest BCUT2D eigenvalue weighted by Gasteiger charge is -2.37. The highest BCUT2D eigenvalue weighted by molar-refractivity contribution is 7.99. The number of hydrogen-bond acceptors (Lipinski definition) is 6. The number of nitrogens with zero attached hydrogens (tertiary/aromatic N) is 3. The molecule has 38 heavy (non-hydrogen) atoms. The van der Waals surface area contributed by atoms with Gasteiger partial charge in [-0.3, -0.25) is 4.57 Å². The van der Waals surface area contributed by atoms with Gasteiger partial charge in [-0.25, -0.2) is 14.0 Å². The van der Waals surface area contributed by atoms with Crippen molar-refractivity contribution in [3.63, 3.8) is 0 Å². The summed E-state index contributed by atoms with van der Waals surface area (Å²) in [5, 5.41) is 3.63. The predicted molar refractivity (Wildman–Crippen MR) is 138 cm³/mol. The Bertz CT molecular complexity index is 1700. The molecule has 0 radical (unpaired) electrons. The summed E-state index contributed by atoms with van der Waals surface area (Å²) in [5.74, 6) is -0.0721. The number of imidazole rings is 1. The van der Waals surface area contributed by atoms with Crippen LogP contribution in [0, 0.1) is 5.82 Å². The number of H-pyrrole nitrogens is 2. The molecule has 8 nitrogen and oxygen atoms in total. The van der Waals surface area contributed by atoms with E-state index in [4.69, 9.17) is 0 Å². The van der Waals surface area contributed by atoms with Crippen molar-refractivity contribution in [2.24, 2.45) is 0 Å². The summed E-state index contributed by atoms with van der Waals surface area (Å²) < 4.78 is 60.3. The fraction of sp³-hybridized carbons (Fsp3) is 0.400. The first kappa shape index (κ1) is 25.0. The van der Waals surface area contributed by atoms with E-state index in [0.29, 0.717) is 37.3 Å². The largest absolute Gasteiger partial charge is 0.417 e. The molecule has 2 atom stereocenters. The molecule has 6 rings (SSSR count). The van der Waals surface area contributed by atoms with Gasteiger partial charge in [-0.05, 0) is 44.2 Å². The number of halogens is 4. The van der Waals surface area contributed by atoms with Gasteiger partial charge in [-0.1, -0.05) is 0 Å². The van der Waals surface area contributed by atoms with E-state index in [9.17, 15) is 27.2 Å². The van der Waals surface area contributed by atoms with Crippen LogP contribution in [0.15, 0.2) is 32.7 Å². The number of aryl methyl sites for hydroxylation is 1. The molecule has 1 saturated heterocycles. The second kappa shape index (κ2) is 8.87. The van der Waals surface area contributed by atoms with Crippen molar-refractivity contribution < 1.29 is 17.6 Å². The van der Waals surface area contributed by atoms with Gasteiger partial charge in [-0.2, -0.15) is 18.2 Å². The van der Waals surface area contributed by atoms with E-state index in [0.717, 1.165) is 12.1 Å². The minimum atomic E-state index is -4.79. The van der Waals surface area contributed by atoms with E-state index in [2.05, 4.69) is 20.3 Å². The van der Waals surface area contributed by atoms with Crippen LogP contribution in [0.1, 0.15) is 25.8 Å². The van der Waals surface area contributed by atoms with Gasteiger partial charge in [0.25, 0.3) is 0 Å². The van der Waals surface area contributed by atoms with Gasteiger partial charge in [-0.15, -0.1) is 11.8 Å². The molecular formula is C25H24F4N6O2S. The van der Waals surface area contributed by atoms with Gasteiger partial charge in [0.05, 0.1) is 16.6 Å². The summed E-state index contributed by atoms with van der Waals surface area (Å²) in [6, 6.07) is 3.41. The molecule has 2 aromatic carbocycles. The molecule has 2 aliphatic rings. The number of hydrogen-bond donors (Lipinski definition) is 3. The van der Waals surface area contributed by atoms with Crippen molar-refractivity contribution in [3.05, 3.63) is 50.5 Å². The maximum Gasteiger partial charge on any atom is 0.417 e. The molecule has 0 saturated carbocycles. The summed E-state index contributed by atoms with van der Waals surface area (Å²) >= 11 is 1.22. The molecule has 0 spiro atoms. The van der Waals surface area contributed by atoms with Crippen LogP contribution >= 0.6 is 11.8 Å². The molecule has 4 aromatic rings. The summed E-state index contributed by atoms with van der Waals surface area (Å²) in [5.41, 5.74) is -2.25. The number of aromatic amines is 2. The number of aromatic nitrogens is 4. The molecule has 0 bridgehead atoms. The first-order valence-corrected chi connectivity index (χ1v) is 13.2. The molecule has 0 amide bonds. The molecule has 2 unspecified atom stereocenters. The Labute approximate surface area is 217 Å². The van der Waals surface area contributed by atoms with Crippen molar-refractivity contribution in [2.75, 3.05) is 23.7 Å². The average molecular weight is 549 g/mol. The molecule has 1 fully saturated rings. The fourth-order valence-corrected chi connectivity index (χ4v) is 6.86. The van der Waals surface area contributed by atoms with Crippen LogP contribution in [0.25, 0.3) is 33.1 Å². The number of benzene rings is 2. The molecule has 0 aliphatic carbocycles. The van der Waals surface area contributed by atoms with E-state index < -0.39 is 28.9 Å². The van der Waals surface area contributed by atoms with E-state index >= 15 is 0 Å². The van der Waals surface area contributed by atoms with Crippen molar-refractivity contribution >= 4 is 39.5 Å². The van der Waals surface area contributed by atoms with Gasteiger partial charge >= 0.3 is 17.6 Å². The smallest absolute Gasteiger partial charge is 0.353 e. The van der Waals surface area contributed by atoms with Crippen LogP contribution in [0.3, 0.4) is 0 Å².